The van der Waals surface area contributed by atoms with E-state index >= 15 is 0 Å². The Bertz CT molecular complexity index is 673. The number of aromatic nitrogens is 3. The summed E-state index contributed by atoms with van der Waals surface area (Å²) in [5.41, 5.74) is 2.73. The first kappa shape index (κ1) is 16.9. The van der Waals surface area contributed by atoms with Crippen LogP contribution in [-0.4, -0.2) is 39.0 Å². The van der Waals surface area contributed by atoms with Crippen molar-refractivity contribution in [2.75, 3.05) is 19.8 Å². The molecule has 5 heteroatoms. The molecule has 1 saturated carbocycles. The van der Waals surface area contributed by atoms with Crippen molar-refractivity contribution in [3.05, 3.63) is 42.0 Å². The SMILES string of the molecule is CCn1cc(CN2Cc3cccn3C[C@H](CCOCC3CC3)C2)cn1. The molecule has 0 aromatic carbocycles. The van der Waals surface area contributed by atoms with Crippen molar-refractivity contribution in [3.63, 3.8) is 0 Å². The highest BCUT2D eigenvalue weighted by atomic mass is 16.5. The van der Waals surface area contributed by atoms with Gasteiger partial charge in [-0.25, -0.2) is 0 Å². The van der Waals surface area contributed by atoms with E-state index in [1.807, 2.05) is 10.9 Å². The van der Waals surface area contributed by atoms with Crippen LogP contribution >= 0.6 is 0 Å². The number of aryl methyl sites for hydroxylation is 1. The van der Waals surface area contributed by atoms with E-state index in [1.165, 1.54) is 24.1 Å². The molecule has 2 aliphatic rings. The first-order valence-corrected chi connectivity index (χ1v) is 9.75. The van der Waals surface area contributed by atoms with Gasteiger partial charge in [0.05, 0.1) is 6.20 Å². The lowest BCUT2D eigenvalue weighted by atomic mass is 10.1. The van der Waals surface area contributed by atoms with Crippen molar-refractivity contribution in [1.29, 1.82) is 0 Å². The molecule has 2 aromatic heterocycles. The van der Waals surface area contributed by atoms with Gasteiger partial charge < -0.3 is 9.30 Å². The quantitative estimate of drug-likeness (QED) is 0.691. The number of hydrogen-bond acceptors (Lipinski definition) is 3. The van der Waals surface area contributed by atoms with Crippen LogP contribution in [0.15, 0.2) is 30.7 Å². The maximum absolute atomic E-state index is 5.90. The second-order valence-corrected chi connectivity index (χ2v) is 7.70. The Morgan fingerprint density at radius 2 is 2.16 bits per heavy atom. The summed E-state index contributed by atoms with van der Waals surface area (Å²) in [5, 5.41) is 4.42. The van der Waals surface area contributed by atoms with E-state index in [4.69, 9.17) is 4.74 Å². The monoisotopic (exact) mass is 342 g/mol. The number of fused-ring (bicyclic) bond motifs is 1. The lowest BCUT2D eigenvalue weighted by molar-refractivity contribution is 0.101. The van der Waals surface area contributed by atoms with Crippen molar-refractivity contribution in [1.82, 2.24) is 19.2 Å². The van der Waals surface area contributed by atoms with Gasteiger partial charge in [-0.1, -0.05) is 0 Å². The Labute approximate surface area is 150 Å². The molecule has 0 amide bonds. The largest absolute Gasteiger partial charge is 0.381 e. The first-order chi connectivity index (χ1) is 12.3. The van der Waals surface area contributed by atoms with Crippen LogP contribution in [0.2, 0.25) is 0 Å². The first-order valence-electron chi connectivity index (χ1n) is 9.75. The van der Waals surface area contributed by atoms with E-state index in [0.29, 0.717) is 5.92 Å². The van der Waals surface area contributed by atoms with Crippen LogP contribution in [0.25, 0.3) is 0 Å². The zero-order valence-electron chi connectivity index (χ0n) is 15.3. The summed E-state index contributed by atoms with van der Waals surface area (Å²) in [7, 11) is 0. The minimum atomic E-state index is 0.647. The van der Waals surface area contributed by atoms with Crippen LogP contribution in [0.5, 0.6) is 0 Å². The molecule has 1 fully saturated rings. The summed E-state index contributed by atoms with van der Waals surface area (Å²) in [6, 6.07) is 4.43. The Hall–Kier alpha value is -1.59. The highest BCUT2D eigenvalue weighted by molar-refractivity contribution is 5.10. The van der Waals surface area contributed by atoms with Crippen LogP contribution < -0.4 is 0 Å². The third kappa shape index (κ3) is 4.53. The fraction of sp³-hybridized carbons (Fsp3) is 0.650. The van der Waals surface area contributed by atoms with Crippen LogP contribution in [0.3, 0.4) is 0 Å². The van der Waals surface area contributed by atoms with Crippen molar-refractivity contribution < 1.29 is 4.74 Å². The predicted molar refractivity (Wildman–Crippen MR) is 98.1 cm³/mol. The van der Waals surface area contributed by atoms with Gasteiger partial charge in [-0.05, 0) is 50.2 Å². The highest BCUT2D eigenvalue weighted by Crippen LogP contribution is 2.29. The molecule has 5 nitrogen and oxygen atoms in total. The van der Waals surface area contributed by atoms with Crippen molar-refractivity contribution in [3.8, 4) is 0 Å². The van der Waals surface area contributed by atoms with Gasteiger partial charge in [-0.15, -0.1) is 0 Å². The van der Waals surface area contributed by atoms with Gasteiger partial charge in [0.1, 0.15) is 0 Å². The lowest BCUT2D eigenvalue weighted by Crippen LogP contribution is -2.28. The molecule has 0 spiro atoms. The molecule has 0 N–H and O–H groups in total. The van der Waals surface area contributed by atoms with E-state index in [9.17, 15) is 0 Å². The molecule has 0 unspecified atom stereocenters. The summed E-state index contributed by atoms with van der Waals surface area (Å²) in [5.74, 6) is 1.51. The van der Waals surface area contributed by atoms with Crippen LogP contribution in [0.4, 0.5) is 0 Å². The fourth-order valence-electron chi connectivity index (χ4n) is 3.77. The maximum Gasteiger partial charge on any atom is 0.0534 e. The molecule has 2 aromatic rings. The molecule has 3 heterocycles. The number of ether oxygens (including phenoxy) is 1. The zero-order valence-corrected chi connectivity index (χ0v) is 15.3. The molecule has 25 heavy (non-hydrogen) atoms. The minimum absolute atomic E-state index is 0.647. The predicted octanol–water partition coefficient (Wildman–Crippen LogP) is 3.15. The third-order valence-corrected chi connectivity index (χ3v) is 5.42. The number of hydrogen-bond donors (Lipinski definition) is 0. The molecule has 0 bridgehead atoms. The fourth-order valence-corrected chi connectivity index (χ4v) is 3.77. The van der Waals surface area contributed by atoms with Gasteiger partial charge in [-0.2, -0.15) is 5.10 Å². The van der Waals surface area contributed by atoms with Gasteiger partial charge >= 0.3 is 0 Å². The molecule has 136 valence electrons. The molecular weight excluding hydrogens is 312 g/mol. The van der Waals surface area contributed by atoms with Crippen molar-refractivity contribution in [2.24, 2.45) is 11.8 Å². The summed E-state index contributed by atoms with van der Waals surface area (Å²) in [6.07, 6.45) is 10.3. The van der Waals surface area contributed by atoms with Gasteiger partial charge in [0.25, 0.3) is 0 Å². The minimum Gasteiger partial charge on any atom is -0.381 e. The number of nitrogens with zero attached hydrogens (tertiary/aromatic N) is 4. The summed E-state index contributed by atoms with van der Waals surface area (Å²) in [4.78, 5) is 2.57. The highest BCUT2D eigenvalue weighted by Gasteiger charge is 2.23. The molecule has 0 saturated heterocycles. The topological polar surface area (TPSA) is 35.2 Å². The van der Waals surface area contributed by atoms with Gasteiger partial charge in [0, 0.05) is 69.6 Å². The lowest BCUT2D eigenvalue weighted by Gasteiger charge is -2.23. The molecule has 1 aliphatic carbocycles. The second kappa shape index (κ2) is 7.75. The Kier molecular flexibility index (Phi) is 5.22. The zero-order chi connectivity index (χ0) is 17.1. The van der Waals surface area contributed by atoms with Crippen LogP contribution in [-0.2, 0) is 30.9 Å². The average Bonchev–Trinajstić information content (AvgIpc) is 3.22. The molecule has 1 aliphatic heterocycles. The normalized spacial score (nSPS) is 21.2. The summed E-state index contributed by atoms with van der Waals surface area (Å²) >= 11 is 0. The van der Waals surface area contributed by atoms with E-state index < -0.39 is 0 Å². The van der Waals surface area contributed by atoms with Gasteiger partial charge in [-0.3, -0.25) is 9.58 Å². The van der Waals surface area contributed by atoms with E-state index in [2.05, 4.69) is 46.0 Å². The molecule has 1 atom stereocenters. The van der Waals surface area contributed by atoms with E-state index in [-0.39, 0.29) is 0 Å². The Morgan fingerprint density at radius 3 is 2.96 bits per heavy atom. The van der Waals surface area contributed by atoms with Crippen molar-refractivity contribution in [2.45, 2.75) is 52.4 Å². The molecular formula is C20H30N4O. The Morgan fingerprint density at radius 1 is 1.24 bits per heavy atom. The molecule has 0 radical (unpaired) electrons. The number of rotatable bonds is 8. The molecule has 4 rings (SSSR count). The second-order valence-electron chi connectivity index (χ2n) is 7.70. The van der Waals surface area contributed by atoms with Crippen LogP contribution in [0, 0.1) is 11.8 Å². The van der Waals surface area contributed by atoms with Crippen LogP contribution in [0.1, 0.15) is 37.4 Å². The van der Waals surface area contributed by atoms with E-state index in [0.717, 1.165) is 58.3 Å². The maximum atomic E-state index is 5.90. The van der Waals surface area contributed by atoms with Crippen molar-refractivity contribution >= 4 is 0 Å². The van der Waals surface area contributed by atoms with Gasteiger partial charge in [0.2, 0.25) is 0 Å². The average molecular weight is 342 g/mol. The van der Waals surface area contributed by atoms with Gasteiger partial charge in [0.15, 0.2) is 0 Å². The third-order valence-electron chi connectivity index (χ3n) is 5.42. The summed E-state index contributed by atoms with van der Waals surface area (Å²) in [6.45, 7) is 9.18. The smallest absolute Gasteiger partial charge is 0.0534 e. The Balaban J connectivity index is 1.37. The standard InChI is InChI=1S/C20H30N4O/c1-2-24-14-19(10-21-24)12-22-11-18(7-9-25-16-17-5-6-17)13-23-8-3-4-20(23)15-22/h3-4,8,10,14,17-18H,2,5-7,9,11-13,15-16H2,1H3/t18-/m1/s1. The summed E-state index contributed by atoms with van der Waals surface area (Å²) < 4.78 is 10.3. The van der Waals surface area contributed by atoms with E-state index in [1.54, 1.807) is 0 Å².